The lowest BCUT2D eigenvalue weighted by Gasteiger charge is -2.06. The lowest BCUT2D eigenvalue weighted by atomic mass is 10.1. The third-order valence-corrected chi connectivity index (χ3v) is 5.75. The number of nitrogens with zero attached hydrogens (tertiary/aromatic N) is 3. The number of carbonyl (C=O) groups excluding carboxylic acids is 1. The Morgan fingerprint density at radius 3 is 2.84 bits per heavy atom. The topological polar surface area (TPSA) is 78.7 Å². The second-order valence-corrected chi connectivity index (χ2v) is 7.41. The number of nitrogens with one attached hydrogen (secondary N) is 1. The monoisotopic (exact) mass is 368 g/mol. The summed E-state index contributed by atoms with van der Waals surface area (Å²) in [5, 5.41) is 13.4. The molecule has 126 valence electrons. The van der Waals surface area contributed by atoms with Crippen molar-refractivity contribution in [2.24, 2.45) is 0 Å². The van der Waals surface area contributed by atoms with Crippen LogP contribution in [0, 0.1) is 11.3 Å². The maximum atomic E-state index is 12.2. The second-order valence-electron chi connectivity index (χ2n) is 5.33. The Morgan fingerprint density at radius 2 is 2.12 bits per heavy atom. The second kappa shape index (κ2) is 8.10. The summed E-state index contributed by atoms with van der Waals surface area (Å²) in [5.74, 6) is 0.194. The molecule has 0 bridgehead atoms. The summed E-state index contributed by atoms with van der Waals surface area (Å²) in [7, 11) is 0. The lowest BCUT2D eigenvalue weighted by Crippen LogP contribution is -2.14. The number of aromatic nitrogens is 2. The first-order valence-electron chi connectivity index (χ1n) is 7.81. The Kier molecular flexibility index (Phi) is 5.64. The predicted molar refractivity (Wildman–Crippen MR) is 102 cm³/mol. The summed E-state index contributed by atoms with van der Waals surface area (Å²) < 4.78 is 0. The Labute approximate surface area is 154 Å². The van der Waals surface area contributed by atoms with Crippen LogP contribution >= 0.6 is 23.1 Å². The highest BCUT2D eigenvalue weighted by Crippen LogP contribution is 2.30. The van der Waals surface area contributed by atoms with Crippen LogP contribution in [-0.2, 0) is 17.6 Å². The molecule has 3 aromatic rings. The molecule has 0 aliphatic rings. The van der Waals surface area contributed by atoms with Crippen LogP contribution in [0.4, 0.5) is 5.69 Å². The van der Waals surface area contributed by atoms with E-state index in [1.807, 2.05) is 24.3 Å². The summed E-state index contributed by atoms with van der Waals surface area (Å²) in [4.78, 5) is 23.0. The molecule has 0 fully saturated rings. The van der Waals surface area contributed by atoms with Gasteiger partial charge in [0.1, 0.15) is 16.2 Å². The minimum absolute atomic E-state index is 0.0873. The van der Waals surface area contributed by atoms with Gasteiger partial charge in [-0.2, -0.15) is 5.26 Å². The van der Waals surface area contributed by atoms with Crippen LogP contribution in [0.2, 0.25) is 0 Å². The summed E-state index contributed by atoms with van der Waals surface area (Å²) >= 11 is 3.08. The zero-order chi connectivity index (χ0) is 17.6. The van der Waals surface area contributed by atoms with Crippen LogP contribution in [0.3, 0.4) is 0 Å². The van der Waals surface area contributed by atoms with Crippen LogP contribution in [0.15, 0.2) is 41.7 Å². The third-order valence-electron chi connectivity index (χ3n) is 3.55. The Balaban J connectivity index is 1.62. The largest absolute Gasteiger partial charge is 0.325 e. The lowest BCUT2D eigenvalue weighted by molar-refractivity contribution is -0.113. The van der Waals surface area contributed by atoms with Crippen LogP contribution in [0.5, 0.6) is 0 Å². The van der Waals surface area contributed by atoms with Gasteiger partial charge in [0.2, 0.25) is 5.91 Å². The van der Waals surface area contributed by atoms with Gasteiger partial charge in [-0.15, -0.1) is 11.3 Å². The van der Waals surface area contributed by atoms with Gasteiger partial charge in [0, 0.05) is 16.0 Å². The van der Waals surface area contributed by atoms with E-state index >= 15 is 0 Å². The molecule has 0 aliphatic carbocycles. The predicted octanol–water partition coefficient (Wildman–Crippen LogP) is 4.05. The number of benzene rings is 1. The fraction of sp³-hybridized carbons (Fsp3) is 0.222. The molecule has 2 aromatic heterocycles. The first-order valence-corrected chi connectivity index (χ1v) is 9.61. The molecule has 0 unspecified atom stereocenters. The van der Waals surface area contributed by atoms with E-state index in [9.17, 15) is 4.79 Å². The SMILES string of the molecule is CCc1cc2c(SCC(=O)Nc3ccc(CC#N)cc3)ncnc2s1. The Morgan fingerprint density at radius 1 is 1.32 bits per heavy atom. The number of fused-ring (bicyclic) bond motifs is 1. The maximum Gasteiger partial charge on any atom is 0.234 e. The van der Waals surface area contributed by atoms with Crippen molar-refractivity contribution in [2.75, 3.05) is 11.1 Å². The molecule has 0 atom stereocenters. The number of nitriles is 1. The molecule has 25 heavy (non-hydrogen) atoms. The van der Waals surface area contributed by atoms with Gasteiger partial charge in [0.15, 0.2) is 0 Å². The van der Waals surface area contributed by atoms with Crippen LogP contribution in [0.1, 0.15) is 17.4 Å². The van der Waals surface area contributed by atoms with Crippen molar-refractivity contribution in [2.45, 2.75) is 24.8 Å². The van der Waals surface area contributed by atoms with Crippen molar-refractivity contribution in [3.8, 4) is 6.07 Å². The minimum atomic E-state index is -0.0873. The fourth-order valence-electron chi connectivity index (χ4n) is 2.30. The number of hydrogen-bond donors (Lipinski definition) is 1. The molecule has 1 N–H and O–H groups in total. The number of thiophene rings is 1. The molecule has 0 saturated carbocycles. The molecule has 7 heteroatoms. The van der Waals surface area contributed by atoms with E-state index in [-0.39, 0.29) is 11.7 Å². The molecule has 0 saturated heterocycles. The highest BCUT2D eigenvalue weighted by atomic mass is 32.2. The van der Waals surface area contributed by atoms with E-state index in [2.05, 4.69) is 34.3 Å². The van der Waals surface area contributed by atoms with E-state index in [1.165, 1.54) is 16.6 Å². The van der Waals surface area contributed by atoms with Crippen LogP contribution in [0.25, 0.3) is 10.2 Å². The normalized spacial score (nSPS) is 10.6. The van der Waals surface area contributed by atoms with Gasteiger partial charge >= 0.3 is 0 Å². The van der Waals surface area contributed by atoms with Gasteiger partial charge in [0.05, 0.1) is 18.2 Å². The number of carbonyl (C=O) groups is 1. The zero-order valence-corrected chi connectivity index (χ0v) is 15.3. The number of anilines is 1. The van der Waals surface area contributed by atoms with Gasteiger partial charge in [0.25, 0.3) is 0 Å². The number of rotatable bonds is 6. The van der Waals surface area contributed by atoms with Crippen molar-refractivity contribution in [1.29, 1.82) is 5.26 Å². The first-order chi connectivity index (χ1) is 12.2. The Hall–Kier alpha value is -2.43. The highest BCUT2D eigenvalue weighted by Gasteiger charge is 2.11. The summed E-state index contributed by atoms with van der Waals surface area (Å²) in [5.41, 5.74) is 1.66. The molecule has 2 heterocycles. The first kappa shape index (κ1) is 17.4. The number of amides is 1. The fourth-order valence-corrected chi connectivity index (χ4v) is 4.07. The van der Waals surface area contributed by atoms with Crippen molar-refractivity contribution in [3.63, 3.8) is 0 Å². The van der Waals surface area contributed by atoms with E-state index in [0.29, 0.717) is 6.42 Å². The number of thioether (sulfide) groups is 1. The van der Waals surface area contributed by atoms with Crippen LogP contribution in [-0.4, -0.2) is 21.6 Å². The van der Waals surface area contributed by atoms with E-state index < -0.39 is 0 Å². The minimum Gasteiger partial charge on any atom is -0.325 e. The number of aryl methyl sites for hydroxylation is 1. The summed E-state index contributed by atoms with van der Waals surface area (Å²) in [6.07, 6.45) is 2.88. The molecule has 0 spiro atoms. The van der Waals surface area contributed by atoms with Gasteiger partial charge in [-0.05, 0) is 30.2 Å². The summed E-state index contributed by atoms with van der Waals surface area (Å²) in [6.45, 7) is 2.11. The van der Waals surface area contributed by atoms with Gasteiger partial charge in [-0.1, -0.05) is 30.8 Å². The average molecular weight is 368 g/mol. The molecule has 0 aliphatic heterocycles. The Bertz CT molecular complexity index is 928. The molecule has 1 aromatic carbocycles. The number of hydrogen-bond acceptors (Lipinski definition) is 6. The van der Waals surface area contributed by atoms with E-state index in [0.717, 1.165) is 32.9 Å². The summed E-state index contributed by atoms with van der Waals surface area (Å²) in [6, 6.07) is 11.5. The maximum absolute atomic E-state index is 12.2. The molecular formula is C18H16N4OS2. The van der Waals surface area contributed by atoms with Gasteiger partial charge in [-0.3, -0.25) is 4.79 Å². The standard InChI is InChI=1S/C18H16N4OS2/c1-2-14-9-15-17(20-11-21-18(15)25-14)24-10-16(23)22-13-5-3-12(4-6-13)7-8-19/h3-6,9,11H,2,7,10H2,1H3,(H,22,23). The van der Waals surface area contributed by atoms with Crippen molar-refractivity contribution < 1.29 is 4.79 Å². The quantitative estimate of drug-likeness (QED) is 0.524. The molecule has 1 amide bonds. The molecule has 3 rings (SSSR count). The van der Waals surface area contributed by atoms with Crippen LogP contribution < -0.4 is 5.32 Å². The third kappa shape index (κ3) is 4.35. The van der Waals surface area contributed by atoms with Crippen molar-refractivity contribution >= 4 is 44.9 Å². The van der Waals surface area contributed by atoms with Crippen molar-refractivity contribution in [3.05, 3.63) is 47.1 Å². The van der Waals surface area contributed by atoms with E-state index in [1.54, 1.807) is 17.7 Å². The molecule has 5 nitrogen and oxygen atoms in total. The average Bonchev–Trinajstić information content (AvgIpc) is 3.06. The zero-order valence-electron chi connectivity index (χ0n) is 13.7. The van der Waals surface area contributed by atoms with Gasteiger partial charge in [-0.25, -0.2) is 9.97 Å². The van der Waals surface area contributed by atoms with Gasteiger partial charge < -0.3 is 5.32 Å². The van der Waals surface area contributed by atoms with Crippen molar-refractivity contribution in [1.82, 2.24) is 9.97 Å². The highest BCUT2D eigenvalue weighted by molar-refractivity contribution is 8.00. The smallest absolute Gasteiger partial charge is 0.234 e. The molecule has 0 radical (unpaired) electrons. The molecular weight excluding hydrogens is 352 g/mol. The van der Waals surface area contributed by atoms with E-state index in [4.69, 9.17) is 5.26 Å².